The quantitative estimate of drug-likeness (QED) is 0.349. The van der Waals surface area contributed by atoms with Crippen LogP contribution in [0, 0.1) is 0 Å². The van der Waals surface area contributed by atoms with Crippen molar-refractivity contribution >= 4 is 23.1 Å². The van der Waals surface area contributed by atoms with E-state index in [0.29, 0.717) is 16.9 Å². The van der Waals surface area contributed by atoms with Gasteiger partial charge in [0.25, 0.3) is 0 Å². The lowest BCUT2D eigenvalue weighted by Gasteiger charge is -2.01. The van der Waals surface area contributed by atoms with E-state index in [-0.39, 0.29) is 4.90 Å². The summed E-state index contributed by atoms with van der Waals surface area (Å²) in [5.41, 5.74) is 0. The maximum atomic E-state index is 10.7. The summed E-state index contributed by atoms with van der Waals surface area (Å²) in [5, 5.41) is 11.2. The first-order valence-corrected chi connectivity index (χ1v) is 4.95. The summed E-state index contributed by atoms with van der Waals surface area (Å²) >= 11 is -1.43. The molecule has 0 saturated carbocycles. The number of benzene rings is 1. The molecule has 0 radical (unpaired) electrons. The first-order valence-electron chi connectivity index (χ1n) is 3.10. The van der Waals surface area contributed by atoms with Gasteiger partial charge in [-0.25, -0.2) is 9.47 Å². The van der Waals surface area contributed by atoms with Gasteiger partial charge >= 0.3 is 0 Å². The third-order valence-corrected chi connectivity index (χ3v) is 2.72. The average molecular weight is 222 g/mol. The first-order chi connectivity index (χ1) is 6.25. The van der Waals surface area contributed by atoms with Gasteiger partial charge < -0.3 is 4.55 Å². The van der Waals surface area contributed by atoms with Gasteiger partial charge in [0.05, 0.1) is 21.8 Å². The molecule has 5 nitrogen and oxygen atoms in total. The lowest BCUT2D eigenvalue weighted by Crippen LogP contribution is -1.91. The summed E-state index contributed by atoms with van der Waals surface area (Å²) in [6.45, 7) is 0. The molecular formula is C6H6O5S2. The van der Waals surface area contributed by atoms with Crippen molar-refractivity contribution in [2.24, 2.45) is 0 Å². The van der Waals surface area contributed by atoms with Gasteiger partial charge in [-0.05, 0) is 12.1 Å². The van der Waals surface area contributed by atoms with Crippen molar-refractivity contribution in [2.75, 3.05) is 0 Å². The van der Waals surface area contributed by atoms with Gasteiger partial charge in [-0.3, -0.25) is 0 Å². The van der Waals surface area contributed by atoms with Crippen LogP contribution in [0.1, 0.15) is 0 Å². The minimum atomic E-state index is -2.08. The van der Waals surface area contributed by atoms with Crippen LogP contribution in [0.25, 0.3) is 0 Å². The Balaban J connectivity index is 2.84. The summed E-state index contributed by atoms with van der Waals surface area (Å²) < 4.78 is 23.7. The van der Waals surface area contributed by atoms with Crippen LogP contribution in [0.4, 0.5) is 0 Å². The van der Waals surface area contributed by atoms with Gasteiger partial charge in [0.2, 0.25) is 0 Å². The smallest absolute Gasteiger partial charge is 0.187 e. The highest BCUT2D eigenvalue weighted by molar-refractivity contribution is 7.95. The summed E-state index contributed by atoms with van der Waals surface area (Å²) in [7, 11) is 0. The predicted octanol–water partition coefficient (Wildman–Crippen LogP) is 1.70. The average Bonchev–Trinajstić information content (AvgIpc) is 2.15. The Kier molecular flexibility index (Phi) is 4.36. The molecule has 0 saturated heterocycles. The van der Waals surface area contributed by atoms with Crippen molar-refractivity contribution in [3.63, 3.8) is 0 Å². The van der Waals surface area contributed by atoms with Crippen molar-refractivity contribution in [3.8, 4) is 0 Å². The molecule has 0 bridgehead atoms. The minimum Gasteiger partial charge on any atom is -0.302 e. The van der Waals surface area contributed by atoms with E-state index in [1.165, 1.54) is 6.07 Å². The normalized spacial score (nSPS) is 12.8. The standard InChI is InChI=1S/C6H6O5S2/c7-10-11-12-5-3-1-2-4-6(5)13(8)9/h1-4,7H,(H,8,9). The maximum absolute atomic E-state index is 10.7. The van der Waals surface area contributed by atoms with Crippen LogP contribution >= 0.6 is 12.0 Å². The molecule has 1 unspecified atom stereocenters. The second-order valence-corrected chi connectivity index (χ2v) is 3.60. The summed E-state index contributed by atoms with van der Waals surface area (Å²) in [5.74, 6) is 0. The summed E-state index contributed by atoms with van der Waals surface area (Å²) in [4.78, 5) is 0.599. The Labute approximate surface area is 81.0 Å². The fourth-order valence-electron chi connectivity index (χ4n) is 0.715. The summed E-state index contributed by atoms with van der Waals surface area (Å²) in [6, 6.07) is 6.32. The van der Waals surface area contributed by atoms with Crippen LogP contribution < -0.4 is 0 Å². The van der Waals surface area contributed by atoms with Crippen LogP contribution in [-0.4, -0.2) is 14.0 Å². The van der Waals surface area contributed by atoms with E-state index in [1.54, 1.807) is 18.2 Å². The molecule has 0 aliphatic carbocycles. The molecule has 72 valence electrons. The largest absolute Gasteiger partial charge is 0.302 e. The number of rotatable bonds is 4. The molecule has 2 N–H and O–H groups in total. The number of hydrogen-bond acceptors (Lipinski definition) is 5. The molecule has 0 amide bonds. The van der Waals surface area contributed by atoms with E-state index >= 15 is 0 Å². The van der Waals surface area contributed by atoms with Gasteiger partial charge in [-0.1, -0.05) is 17.2 Å². The molecule has 0 fully saturated rings. The van der Waals surface area contributed by atoms with E-state index in [9.17, 15) is 4.21 Å². The Morgan fingerprint density at radius 3 is 2.69 bits per heavy atom. The van der Waals surface area contributed by atoms with Gasteiger partial charge in [0.1, 0.15) is 0 Å². The Morgan fingerprint density at radius 1 is 1.38 bits per heavy atom. The molecular weight excluding hydrogens is 216 g/mol. The van der Waals surface area contributed by atoms with E-state index in [2.05, 4.69) is 9.37 Å². The van der Waals surface area contributed by atoms with Gasteiger partial charge in [0, 0.05) is 0 Å². The summed E-state index contributed by atoms with van der Waals surface area (Å²) in [6.07, 6.45) is 0. The minimum absolute atomic E-state index is 0.199. The fourth-order valence-corrected chi connectivity index (χ4v) is 1.85. The molecule has 0 aromatic heterocycles. The zero-order valence-corrected chi connectivity index (χ0v) is 7.88. The second kappa shape index (κ2) is 5.32. The van der Waals surface area contributed by atoms with Gasteiger partial charge in [-0.2, -0.15) is 0 Å². The highest BCUT2D eigenvalue weighted by Gasteiger charge is 2.08. The molecule has 0 spiro atoms. The van der Waals surface area contributed by atoms with Crippen molar-refractivity contribution in [1.29, 1.82) is 0 Å². The van der Waals surface area contributed by atoms with Gasteiger partial charge in [-0.15, -0.1) is 4.33 Å². The molecule has 13 heavy (non-hydrogen) atoms. The molecule has 7 heteroatoms. The van der Waals surface area contributed by atoms with E-state index in [4.69, 9.17) is 9.81 Å². The van der Waals surface area contributed by atoms with Crippen LogP contribution in [0.3, 0.4) is 0 Å². The highest BCUT2D eigenvalue weighted by atomic mass is 32.2. The molecule has 0 heterocycles. The maximum Gasteiger partial charge on any atom is 0.187 e. The fraction of sp³-hybridized carbons (Fsp3) is 0. The van der Waals surface area contributed by atoms with E-state index < -0.39 is 11.1 Å². The predicted molar refractivity (Wildman–Crippen MR) is 46.1 cm³/mol. The first kappa shape index (κ1) is 10.6. The Bertz CT molecular complexity index is 303. The highest BCUT2D eigenvalue weighted by Crippen LogP contribution is 2.25. The molecule has 0 aliphatic heterocycles. The molecule has 0 aliphatic rings. The van der Waals surface area contributed by atoms with Crippen LogP contribution in [0.15, 0.2) is 34.1 Å². The monoisotopic (exact) mass is 222 g/mol. The SMILES string of the molecule is O=S(O)c1ccccc1SOOO. The molecule has 1 atom stereocenters. The second-order valence-electron chi connectivity index (χ2n) is 1.92. The van der Waals surface area contributed by atoms with Crippen LogP contribution in [-0.2, 0) is 20.5 Å². The van der Waals surface area contributed by atoms with E-state index in [1.807, 2.05) is 0 Å². The topological polar surface area (TPSA) is 76.0 Å². The zero-order chi connectivity index (χ0) is 9.68. The molecule has 1 aromatic rings. The van der Waals surface area contributed by atoms with Crippen molar-refractivity contribution in [1.82, 2.24) is 0 Å². The lowest BCUT2D eigenvalue weighted by molar-refractivity contribution is -0.432. The third kappa shape index (κ3) is 3.07. The Morgan fingerprint density at radius 2 is 2.08 bits per heavy atom. The van der Waals surface area contributed by atoms with Crippen LogP contribution in [0.5, 0.6) is 0 Å². The van der Waals surface area contributed by atoms with Crippen molar-refractivity contribution < 1.29 is 23.4 Å². The van der Waals surface area contributed by atoms with Crippen molar-refractivity contribution in [2.45, 2.75) is 9.79 Å². The molecule has 1 rings (SSSR count). The molecule has 1 aromatic carbocycles. The van der Waals surface area contributed by atoms with Gasteiger partial charge in [0.15, 0.2) is 11.1 Å². The third-order valence-electron chi connectivity index (χ3n) is 1.19. The Hall–Kier alpha value is -0.440. The number of hydrogen-bond donors (Lipinski definition) is 2. The zero-order valence-electron chi connectivity index (χ0n) is 6.25. The van der Waals surface area contributed by atoms with Crippen LogP contribution in [0.2, 0.25) is 0 Å². The van der Waals surface area contributed by atoms with E-state index in [0.717, 1.165) is 0 Å². The van der Waals surface area contributed by atoms with Crippen molar-refractivity contribution in [3.05, 3.63) is 24.3 Å². The lowest BCUT2D eigenvalue weighted by atomic mass is 10.4.